The van der Waals surface area contributed by atoms with Crippen LogP contribution < -0.4 is 16.4 Å². The van der Waals surface area contributed by atoms with E-state index in [1.807, 2.05) is 22.8 Å². The number of anilines is 2. The summed E-state index contributed by atoms with van der Waals surface area (Å²) in [7, 11) is 0. The number of urea groups is 1. The van der Waals surface area contributed by atoms with Crippen molar-refractivity contribution in [1.82, 2.24) is 29.7 Å². The van der Waals surface area contributed by atoms with Gasteiger partial charge < -0.3 is 21.1 Å². The molecule has 4 aromatic rings. The van der Waals surface area contributed by atoms with Crippen molar-refractivity contribution >= 4 is 28.7 Å². The maximum absolute atomic E-state index is 12.5. The van der Waals surface area contributed by atoms with Gasteiger partial charge in [-0.2, -0.15) is 0 Å². The number of fused-ring (bicyclic) bond motifs is 1. The average Bonchev–Trinajstić information content (AvgIpc) is 3.59. The Hall–Kier alpha value is -4.02. The maximum Gasteiger partial charge on any atom is 0.319 e. The number of aromatic nitrogens is 4. The van der Waals surface area contributed by atoms with Crippen LogP contribution in [0.25, 0.3) is 11.2 Å². The summed E-state index contributed by atoms with van der Waals surface area (Å²) in [5, 5.41) is 5.93. The zero-order valence-electron chi connectivity index (χ0n) is 24.1. The number of carbonyl (C=O) groups is 1. The van der Waals surface area contributed by atoms with Gasteiger partial charge in [0.25, 0.3) is 0 Å². The Morgan fingerprint density at radius 2 is 1.85 bits per heavy atom. The predicted molar refractivity (Wildman–Crippen MR) is 161 cm³/mol. The summed E-state index contributed by atoms with van der Waals surface area (Å²) >= 11 is 0. The number of nitrogen functional groups attached to an aromatic ring is 1. The van der Waals surface area contributed by atoms with Crippen molar-refractivity contribution in [2.45, 2.75) is 64.3 Å². The van der Waals surface area contributed by atoms with Crippen molar-refractivity contribution in [3.05, 3.63) is 78.4 Å². The molecule has 0 bridgehead atoms. The van der Waals surface area contributed by atoms with Crippen molar-refractivity contribution in [1.29, 1.82) is 0 Å². The molecule has 10 nitrogen and oxygen atoms in total. The van der Waals surface area contributed by atoms with E-state index in [0.29, 0.717) is 23.5 Å². The van der Waals surface area contributed by atoms with Crippen molar-refractivity contribution in [2.24, 2.45) is 0 Å². The summed E-state index contributed by atoms with van der Waals surface area (Å²) in [5.74, 6) is 0.373. The van der Waals surface area contributed by atoms with Crippen LogP contribution in [0.1, 0.15) is 57.4 Å². The molecule has 1 fully saturated rings. The first-order valence-corrected chi connectivity index (χ1v) is 14.3. The molecule has 0 radical (unpaired) electrons. The molecule has 10 heteroatoms. The van der Waals surface area contributed by atoms with Crippen molar-refractivity contribution in [3.63, 3.8) is 0 Å². The summed E-state index contributed by atoms with van der Waals surface area (Å²) in [6.07, 6.45) is 5.76. The van der Waals surface area contributed by atoms with E-state index >= 15 is 0 Å². The Labute approximate surface area is 241 Å². The summed E-state index contributed by atoms with van der Waals surface area (Å²) in [5.41, 5.74) is 10.6. The predicted octanol–water partition coefficient (Wildman–Crippen LogP) is 5.10. The third-order valence-electron chi connectivity index (χ3n) is 7.44. The molecular formula is C31H40N8O2. The Balaban J connectivity index is 1.13. The van der Waals surface area contributed by atoms with Gasteiger partial charge >= 0.3 is 6.03 Å². The lowest BCUT2D eigenvalue weighted by atomic mass is 9.87. The molecule has 3 heterocycles. The Kier molecular flexibility index (Phi) is 8.80. The summed E-state index contributed by atoms with van der Waals surface area (Å²) < 4.78 is 8.42. The summed E-state index contributed by atoms with van der Waals surface area (Å²) in [6, 6.07) is 18.3. The topological polar surface area (TPSA) is 123 Å². The number of ether oxygens (including phenoxy) is 1. The monoisotopic (exact) mass is 556 g/mol. The lowest BCUT2D eigenvalue weighted by molar-refractivity contribution is -0.0128. The molecule has 2 amide bonds. The van der Waals surface area contributed by atoms with E-state index in [9.17, 15) is 4.79 Å². The van der Waals surface area contributed by atoms with Gasteiger partial charge in [-0.25, -0.2) is 19.7 Å². The van der Waals surface area contributed by atoms with Crippen LogP contribution in [0.4, 0.5) is 16.3 Å². The lowest BCUT2D eigenvalue weighted by Crippen LogP contribution is -2.35. The van der Waals surface area contributed by atoms with Gasteiger partial charge in [0.2, 0.25) is 0 Å². The number of hydrogen-bond acceptors (Lipinski definition) is 7. The number of imidazole rings is 1. The van der Waals surface area contributed by atoms with Crippen LogP contribution in [-0.4, -0.2) is 56.2 Å². The van der Waals surface area contributed by atoms with Crippen molar-refractivity contribution < 1.29 is 9.53 Å². The molecule has 0 saturated carbocycles. The molecule has 2 aromatic heterocycles. The fourth-order valence-electron chi connectivity index (χ4n) is 5.20. The van der Waals surface area contributed by atoms with Gasteiger partial charge in [-0.05, 0) is 47.9 Å². The van der Waals surface area contributed by atoms with Gasteiger partial charge in [0.05, 0.1) is 12.4 Å². The molecule has 1 aliphatic heterocycles. The number of rotatable bonds is 10. The second-order valence-corrected chi connectivity index (χ2v) is 11.7. The van der Waals surface area contributed by atoms with Crippen LogP contribution in [-0.2, 0) is 16.7 Å². The minimum atomic E-state index is -0.193. The van der Waals surface area contributed by atoms with E-state index in [-0.39, 0.29) is 23.8 Å². The highest BCUT2D eigenvalue weighted by atomic mass is 16.5. The van der Waals surface area contributed by atoms with Crippen LogP contribution in [0.15, 0.2) is 67.3 Å². The van der Waals surface area contributed by atoms with Gasteiger partial charge in [0.15, 0.2) is 11.5 Å². The highest BCUT2D eigenvalue weighted by molar-refractivity contribution is 5.89. The fraction of sp³-hybridized carbons (Fsp3) is 0.419. The van der Waals surface area contributed by atoms with Gasteiger partial charge in [-0.1, -0.05) is 63.2 Å². The minimum absolute atomic E-state index is 0.0766. The van der Waals surface area contributed by atoms with Crippen molar-refractivity contribution in [3.8, 4) is 0 Å². The summed E-state index contributed by atoms with van der Waals surface area (Å²) in [4.78, 5) is 27.7. The van der Waals surface area contributed by atoms with Gasteiger partial charge in [0, 0.05) is 31.9 Å². The molecule has 5 rings (SSSR count). The fourth-order valence-corrected chi connectivity index (χ4v) is 5.20. The quantitative estimate of drug-likeness (QED) is 0.232. The third kappa shape index (κ3) is 7.39. The third-order valence-corrected chi connectivity index (χ3v) is 7.44. The normalized spacial score (nSPS) is 17.3. The lowest BCUT2D eigenvalue weighted by Gasteiger charge is -2.26. The zero-order valence-corrected chi connectivity index (χ0v) is 24.1. The Bertz CT molecular complexity index is 1430. The van der Waals surface area contributed by atoms with Crippen LogP contribution in [0.5, 0.6) is 0 Å². The van der Waals surface area contributed by atoms with E-state index in [4.69, 9.17) is 10.5 Å². The van der Waals surface area contributed by atoms with E-state index in [1.54, 1.807) is 6.33 Å². The molecule has 0 spiro atoms. The number of amides is 2. The Morgan fingerprint density at radius 3 is 2.61 bits per heavy atom. The highest BCUT2D eigenvalue weighted by Gasteiger charge is 2.29. The first kappa shape index (κ1) is 28.5. The van der Waals surface area contributed by atoms with E-state index in [0.717, 1.165) is 44.6 Å². The second-order valence-electron chi connectivity index (χ2n) is 11.7. The van der Waals surface area contributed by atoms with E-state index in [1.165, 1.54) is 17.5 Å². The first-order chi connectivity index (χ1) is 19.8. The number of hydrogen-bond donors (Lipinski definition) is 3. The first-order valence-electron chi connectivity index (χ1n) is 14.3. The largest absolute Gasteiger partial charge is 0.382 e. The number of nitrogens with zero attached hydrogens (tertiary/aromatic N) is 5. The zero-order chi connectivity index (χ0) is 28.8. The van der Waals surface area contributed by atoms with E-state index < -0.39 is 0 Å². The maximum atomic E-state index is 12.5. The molecule has 1 saturated heterocycles. The van der Waals surface area contributed by atoms with E-state index in [2.05, 4.69) is 87.7 Å². The SMILES string of the molecule is CC(C)(C)c1ccc(NC(=O)NCCCN(Cc2ccccc2)CC2CC[C@H](n3cnc4c(N)ncnc43)O2)cc1. The minimum Gasteiger partial charge on any atom is -0.382 e. The smallest absolute Gasteiger partial charge is 0.319 e. The molecule has 1 unspecified atom stereocenters. The molecule has 1 aliphatic rings. The van der Waals surface area contributed by atoms with Gasteiger partial charge in [0.1, 0.15) is 18.1 Å². The molecule has 2 aromatic carbocycles. The standard InChI is InChI=1S/C31H40N8O2/c1-31(2,3)23-10-12-24(13-11-23)37-30(40)33-16-7-17-38(18-22-8-5-4-6-9-22)19-25-14-15-26(41-25)39-21-36-27-28(32)34-20-35-29(27)39/h4-6,8-13,20-21,25-26H,7,14-19H2,1-3H3,(H2,32,34,35)(H2,33,37,40)/t25?,26-/m1/s1. The molecule has 216 valence electrons. The number of nitrogens with one attached hydrogen (secondary N) is 2. The summed E-state index contributed by atoms with van der Waals surface area (Å²) in [6.45, 7) is 9.54. The number of benzene rings is 2. The number of nitrogens with two attached hydrogens (primary N) is 1. The van der Waals surface area contributed by atoms with Crippen LogP contribution >= 0.6 is 0 Å². The molecule has 41 heavy (non-hydrogen) atoms. The van der Waals surface area contributed by atoms with Crippen molar-refractivity contribution in [2.75, 3.05) is 30.7 Å². The number of carbonyl (C=O) groups excluding carboxylic acids is 1. The molecule has 0 aliphatic carbocycles. The van der Waals surface area contributed by atoms with Gasteiger partial charge in [-0.15, -0.1) is 0 Å². The molecular weight excluding hydrogens is 516 g/mol. The average molecular weight is 557 g/mol. The highest BCUT2D eigenvalue weighted by Crippen LogP contribution is 2.31. The Morgan fingerprint density at radius 1 is 1.07 bits per heavy atom. The second kappa shape index (κ2) is 12.7. The van der Waals surface area contributed by atoms with Crippen LogP contribution in [0.2, 0.25) is 0 Å². The van der Waals surface area contributed by atoms with Gasteiger partial charge in [-0.3, -0.25) is 9.47 Å². The molecule has 4 N–H and O–H groups in total. The molecule has 2 atom stereocenters. The van der Waals surface area contributed by atoms with Crippen LogP contribution in [0, 0.1) is 0 Å². The van der Waals surface area contributed by atoms with Crippen LogP contribution in [0.3, 0.4) is 0 Å².